The van der Waals surface area contributed by atoms with Gasteiger partial charge in [0.05, 0.1) is 0 Å². The number of rotatable bonds is 1. The third-order valence-electron chi connectivity index (χ3n) is 4.71. The van der Waals surface area contributed by atoms with Gasteiger partial charge in [0, 0.05) is 62.1 Å². The lowest BCUT2D eigenvalue weighted by Gasteiger charge is -2.32. The second-order valence-corrected chi connectivity index (χ2v) is 7.06. The summed E-state index contributed by atoms with van der Waals surface area (Å²) in [7, 11) is 0. The molecule has 1 aromatic rings. The van der Waals surface area contributed by atoms with Crippen LogP contribution in [0.3, 0.4) is 0 Å². The van der Waals surface area contributed by atoms with Gasteiger partial charge >= 0.3 is 0 Å². The van der Waals surface area contributed by atoms with Crippen LogP contribution in [-0.2, 0) is 9.59 Å². The lowest BCUT2D eigenvalue weighted by atomic mass is 9.86. The van der Waals surface area contributed by atoms with Crippen LogP contribution in [0.2, 0.25) is 5.02 Å². The van der Waals surface area contributed by atoms with Crippen LogP contribution in [0, 0.1) is 5.41 Å². The zero-order valence-electron chi connectivity index (χ0n) is 13.5. The van der Waals surface area contributed by atoms with Crippen LogP contribution in [-0.4, -0.2) is 60.2 Å². The van der Waals surface area contributed by atoms with E-state index in [1.165, 1.54) is 6.92 Å². The Morgan fingerprint density at radius 3 is 2.33 bits per heavy atom. The molecule has 1 aromatic carbocycles. The molecule has 6 nitrogen and oxygen atoms in total. The topological polar surface area (TPSA) is 69.7 Å². The molecule has 7 heteroatoms. The molecule has 0 bridgehead atoms. The highest BCUT2D eigenvalue weighted by Crippen LogP contribution is 2.31. The van der Waals surface area contributed by atoms with Gasteiger partial charge in [0.1, 0.15) is 0 Å². The summed E-state index contributed by atoms with van der Waals surface area (Å²) >= 11 is 5.88. The molecule has 2 aliphatic rings. The summed E-state index contributed by atoms with van der Waals surface area (Å²) in [5.41, 5.74) is 0.143. The predicted molar refractivity (Wildman–Crippen MR) is 89.7 cm³/mol. The molecule has 3 amide bonds. The number of carbonyl (C=O) groups is 3. The number of nitrogens with zero attached hydrogens (tertiary/aromatic N) is 2. The monoisotopic (exact) mass is 349 g/mol. The molecule has 1 atom stereocenters. The van der Waals surface area contributed by atoms with Crippen LogP contribution in [0.5, 0.6) is 0 Å². The fraction of sp³-hybridized carbons (Fsp3) is 0.471. The summed E-state index contributed by atoms with van der Waals surface area (Å²) in [5, 5.41) is 3.42. The fourth-order valence-corrected chi connectivity index (χ4v) is 3.58. The highest BCUT2D eigenvalue weighted by atomic mass is 35.5. The smallest absolute Gasteiger partial charge is 0.253 e. The second-order valence-electron chi connectivity index (χ2n) is 6.63. The van der Waals surface area contributed by atoms with Crippen molar-refractivity contribution in [1.82, 2.24) is 15.1 Å². The Morgan fingerprint density at radius 1 is 1.12 bits per heavy atom. The molecule has 1 N–H and O–H groups in total. The van der Waals surface area contributed by atoms with Crippen molar-refractivity contribution < 1.29 is 14.4 Å². The van der Waals surface area contributed by atoms with Crippen molar-refractivity contribution in [3.63, 3.8) is 0 Å². The zero-order valence-corrected chi connectivity index (χ0v) is 14.3. The zero-order chi connectivity index (χ0) is 17.3. The van der Waals surface area contributed by atoms with E-state index in [-0.39, 0.29) is 17.7 Å². The quantitative estimate of drug-likeness (QED) is 0.827. The largest absolute Gasteiger partial charge is 0.355 e. The van der Waals surface area contributed by atoms with E-state index in [9.17, 15) is 14.4 Å². The van der Waals surface area contributed by atoms with Crippen LogP contribution < -0.4 is 5.32 Å². The summed E-state index contributed by atoms with van der Waals surface area (Å²) in [6, 6.07) is 6.77. The van der Waals surface area contributed by atoms with Gasteiger partial charge < -0.3 is 15.1 Å². The van der Waals surface area contributed by atoms with Gasteiger partial charge in [-0.2, -0.15) is 0 Å². The van der Waals surface area contributed by atoms with Crippen molar-refractivity contribution in [2.45, 2.75) is 13.3 Å². The van der Waals surface area contributed by atoms with E-state index < -0.39 is 5.41 Å². The van der Waals surface area contributed by atoms with Crippen molar-refractivity contribution in [3.8, 4) is 0 Å². The number of hydrogen-bond donors (Lipinski definition) is 1. The maximum absolute atomic E-state index is 12.8. The van der Waals surface area contributed by atoms with E-state index in [0.29, 0.717) is 49.7 Å². The van der Waals surface area contributed by atoms with Crippen LogP contribution in [0.4, 0.5) is 0 Å². The third kappa shape index (κ3) is 3.38. The molecule has 2 aliphatic heterocycles. The maximum Gasteiger partial charge on any atom is 0.253 e. The third-order valence-corrected chi connectivity index (χ3v) is 4.96. The summed E-state index contributed by atoms with van der Waals surface area (Å²) in [4.78, 5) is 39.9. The standard InChI is InChI=1S/C17H20ClN3O3/c1-12(22)20-6-7-21(11-17(10-20)8-15(23)19-9-17)16(24)13-2-4-14(18)5-3-13/h2-5H,6-11H2,1H3,(H,19,23)/t17-/m1/s1. The Kier molecular flexibility index (Phi) is 4.49. The van der Waals surface area contributed by atoms with Gasteiger partial charge in [0.2, 0.25) is 11.8 Å². The molecule has 0 aliphatic carbocycles. The van der Waals surface area contributed by atoms with Gasteiger partial charge in [0.25, 0.3) is 5.91 Å². The van der Waals surface area contributed by atoms with Gasteiger partial charge in [-0.05, 0) is 24.3 Å². The molecule has 0 saturated carbocycles. The SMILES string of the molecule is CC(=O)N1CCN(C(=O)c2ccc(Cl)cc2)C[C@]2(CNC(=O)C2)C1. The van der Waals surface area contributed by atoms with E-state index in [0.717, 1.165) is 0 Å². The molecule has 128 valence electrons. The van der Waals surface area contributed by atoms with E-state index in [2.05, 4.69) is 5.32 Å². The Bertz CT molecular complexity index is 676. The Hall–Kier alpha value is -2.08. The average Bonchev–Trinajstić information content (AvgIpc) is 2.79. The molecule has 2 fully saturated rings. The van der Waals surface area contributed by atoms with Crippen molar-refractivity contribution in [3.05, 3.63) is 34.9 Å². The average molecular weight is 350 g/mol. The lowest BCUT2D eigenvalue weighted by molar-refractivity contribution is -0.130. The molecule has 24 heavy (non-hydrogen) atoms. The van der Waals surface area contributed by atoms with Crippen molar-refractivity contribution in [2.24, 2.45) is 5.41 Å². The molecule has 1 spiro atoms. The minimum absolute atomic E-state index is 0.0284. The highest BCUT2D eigenvalue weighted by Gasteiger charge is 2.44. The first-order valence-corrected chi connectivity index (χ1v) is 8.33. The van der Waals surface area contributed by atoms with Crippen LogP contribution in [0.1, 0.15) is 23.7 Å². The number of carbonyl (C=O) groups excluding carboxylic acids is 3. The first-order chi connectivity index (χ1) is 11.4. The molecule has 0 radical (unpaired) electrons. The summed E-state index contributed by atoms with van der Waals surface area (Å²) < 4.78 is 0. The van der Waals surface area contributed by atoms with Crippen molar-refractivity contribution in [1.29, 1.82) is 0 Å². The number of benzene rings is 1. The first kappa shape index (κ1) is 16.8. The van der Waals surface area contributed by atoms with Crippen LogP contribution in [0.25, 0.3) is 0 Å². The molecule has 2 saturated heterocycles. The van der Waals surface area contributed by atoms with Gasteiger partial charge in [-0.3, -0.25) is 14.4 Å². The predicted octanol–water partition coefficient (Wildman–Crippen LogP) is 1.15. The molecule has 0 aromatic heterocycles. The lowest BCUT2D eigenvalue weighted by Crippen LogP contribution is -2.44. The van der Waals surface area contributed by atoms with E-state index in [1.807, 2.05) is 0 Å². The van der Waals surface area contributed by atoms with Gasteiger partial charge in [-0.15, -0.1) is 0 Å². The number of hydrogen-bond acceptors (Lipinski definition) is 3. The highest BCUT2D eigenvalue weighted by molar-refractivity contribution is 6.30. The first-order valence-electron chi connectivity index (χ1n) is 7.96. The molecular formula is C17H20ClN3O3. The molecule has 3 rings (SSSR count). The second kappa shape index (κ2) is 6.43. The number of nitrogens with one attached hydrogen (secondary N) is 1. The maximum atomic E-state index is 12.8. The summed E-state index contributed by atoms with van der Waals surface area (Å²) in [5.74, 6) is -0.162. The van der Waals surface area contributed by atoms with Gasteiger partial charge in [0.15, 0.2) is 0 Å². The molecular weight excluding hydrogens is 330 g/mol. The van der Waals surface area contributed by atoms with Crippen LogP contribution >= 0.6 is 11.6 Å². The minimum atomic E-state index is -0.415. The molecule has 0 unspecified atom stereocenters. The fourth-order valence-electron chi connectivity index (χ4n) is 3.45. The number of halogens is 1. The van der Waals surface area contributed by atoms with Gasteiger partial charge in [-0.25, -0.2) is 0 Å². The Labute approximate surface area is 145 Å². The van der Waals surface area contributed by atoms with Gasteiger partial charge in [-0.1, -0.05) is 11.6 Å². The van der Waals surface area contributed by atoms with Crippen molar-refractivity contribution in [2.75, 3.05) is 32.7 Å². The normalized spacial score (nSPS) is 24.0. The Morgan fingerprint density at radius 2 is 1.75 bits per heavy atom. The van der Waals surface area contributed by atoms with Crippen LogP contribution in [0.15, 0.2) is 24.3 Å². The summed E-state index contributed by atoms with van der Waals surface area (Å²) in [6.07, 6.45) is 0.335. The van der Waals surface area contributed by atoms with Crippen molar-refractivity contribution >= 4 is 29.3 Å². The number of amides is 3. The Balaban J connectivity index is 1.85. The van der Waals surface area contributed by atoms with E-state index in [4.69, 9.17) is 11.6 Å². The van der Waals surface area contributed by atoms with E-state index in [1.54, 1.807) is 34.1 Å². The van der Waals surface area contributed by atoms with E-state index >= 15 is 0 Å². The minimum Gasteiger partial charge on any atom is -0.355 e. The molecule has 2 heterocycles. The summed E-state index contributed by atoms with van der Waals surface area (Å²) in [6.45, 7) is 3.89.